The molecule has 0 spiro atoms. The molecule has 1 radical (unpaired) electrons. The van der Waals surface area contributed by atoms with Crippen LogP contribution < -0.4 is 0 Å². The molecular weight excluding hydrogens is 232 g/mol. The third kappa shape index (κ3) is 5.29. The molecule has 0 saturated heterocycles. The first-order chi connectivity index (χ1) is 8.63. The number of benzene rings is 1. The predicted molar refractivity (Wildman–Crippen MR) is 67.8 cm³/mol. The standard InChI is InChI=1S/C14H19O4/c1-4-5-16-6-7-17-18-14(15)13-9-11(2)8-12(3)10-13/h7-10H,4-6H2,1-3H3. The van der Waals surface area contributed by atoms with Gasteiger partial charge < -0.3 is 4.74 Å². The predicted octanol–water partition coefficient (Wildman–Crippen LogP) is 2.98. The van der Waals surface area contributed by atoms with Crippen LogP contribution in [-0.4, -0.2) is 19.2 Å². The lowest BCUT2D eigenvalue weighted by molar-refractivity contribution is -0.218. The topological polar surface area (TPSA) is 44.8 Å². The number of carbonyl (C=O) groups excluding carboxylic acids is 1. The average Bonchev–Trinajstić information content (AvgIpc) is 2.32. The smallest absolute Gasteiger partial charge is 0.373 e. The Morgan fingerprint density at radius 2 is 1.89 bits per heavy atom. The van der Waals surface area contributed by atoms with Crippen molar-refractivity contribution < 1.29 is 19.3 Å². The van der Waals surface area contributed by atoms with Crippen LogP contribution in [0.3, 0.4) is 0 Å². The van der Waals surface area contributed by atoms with E-state index in [9.17, 15) is 4.79 Å². The molecular formula is C14H19O4. The zero-order valence-corrected chi connectivity index (χ0v) is 11.1. The van der Waals surface area contributed by atoms with E-state index in [1.807, 2.05) is 26.8 Å². The molecule has 0 unspecified atom stereocenters. The first kappa shape index (κ1) is 14.7. The Balaban J connectivity index is 2.32. The van der Waals surface area contributed by atoms with Crippen LogP contribution in [0.1, 0.15) is 34.8 Å². The van der Waals surface area contributed by atoms with Gasteiger partial charge >= 0.3 is 5.97 Å². The Morgan fingerprint density at radius 3 is 2.50 bits per heavy atom. The lowest BCUT2D eigenvalue weighted by Gasteiger charge is -2.05. The fourth-order valence-corrected chi connectivity index (χ4v) is 1.52. The summed E-state index contributed by atoms with van der Waals surface area (Å²) in [5.74, 6) is -0.506. The second kappa shape index (κ2) is 7.84. The van der Waals surface area contributed by atoms with E-state index < -0.39 is 5.97 Å². The molecule has 4 heteroatoms. The van der Waals surface area contributed by atoms with Crippen molar-refractivity contribution in [2.24, 2.45) is 0 Å². The van der Waals surface area contributed by atoms with Crippen molar-refractivity contribution in [1.82, 2.24) is 0 Å². The van der Waals surface area contributed by atoms with Gasteiger partial charge in [-0.3, -0.25) is 4.89 Å². The summed E-state index contributed by atoms with van der Waals surface area (Å²) in [6.45, 7) is 8.14. The molecule has 0 aliphatic heterocycles. The molecule has 0 aliphatic rings. The van der Waals surface area contributed by atoms with Gasteiger partial charge in [-0.1, -0.05) is 24.1 Å². The molecule has 0 aromatic heterocycles. The molecule has 4 nitrogen and oxygen atoms in total. The molecule has 1 rings (SSSR count). The third-order valence-corrected chi connectivity index (χ3v) is 2.18. The maximum atomic E-state index is 11.6. The van der Waals surface area contributed by atoms with Gasteiger partial charge in [0.2, 0.25) is 0 Å². The Kier molecular flexibility index (Phi) is 6.39. The summed E-state index contributed by atoms with van der Waals surface area (Å²) in [7, 11) is 0. The van der Waals surface area contributed by atoms with E-state index in [-0.39, 0.29) is 0 Å². The van der Waals surface area contributed by atoms with Gasteiger partial charge in [-0.15, -0.1) is 0 Å². The highest BCUT2D eigenvalue weighted by Crippen LogP contribution is 2.10. The number of aryl methyl sites for hydroxylation is 2. The number of carbonyl (C=O) groups is 1. The minimum atomic E-state index is -0.506. The fraction of sp³-hybridized carbons (Fsp3) is 0.429. The molecule has 99 valence electrons. The van der Waals surface area contributed by atoms with Crippen molar-refractivity contribution in [2.45, 2.75) is 27.2 Å². The first-order valence-electron chi connectivity index (χ1n) is 5.99. The SMILES string of the molecule is CCCOC[CH]OOC(=O)c1cc(C)cc(C)c1. The van der Waals surface area contributed by atoms with Gasteiger partial charge in [0.05, 0.1) is 12.2 Å². The normalized spacial score (nSPS) is 10.4. The molecule has 0 N–H and O–H groups in total. The van der Waals surface area contributed by atoms with Gasteiger partial charge in [-0.05, 0) is 32.4 Å². The van der Waals surface area contributed by atoms with Gasteiger partial charge in [0.25, 0.3) is 0 Å². The monoisotopic (exact) mass is 251 g/mol. The summed E-state index contributed by atoms with van der Waals surface area (Å²) in [6, 6.07) is 5.50. The van der Waals surface area contributed by atoms with Crippen LogP contribution in [0.4, 0.5) is 0 Å². The van der Waals surface area contributed by atoms with Gasteiger partial charge in [0, 0.05) is 6.61 Å². The lowest BCUT2D eigenvalue weighted by atomic mass is 10.1. The second-order valence-corrected chi connectivity index (χ2v) is 4.08. The van der Waals surface area contributed by atoms with Crippen molar-refractivity contribution in [3.63, 3.8) is 0 Å². The van der Waals surface area contributed by atoms with Gasteiger partial charge in [0.15, 0.2) is 6.61 Å². The molecule has 0 amide bonds. The summed E-state index contributed by atoms with van der Waals surface area (Å²) < 4.78 is 5.14. The first-order valence-corrected chi connectivity index (χ1v) is 5.99. The Labute approximate surface area is 108 Å². The van der Waals surface area contributed by atoms with Crippen molar-refractivity contribution in [2.75, 3.05) is 13.2 Å². The summed E-state index contributed by atoms with van der Waals surface area (Å²) in [5.41, 5.74) is 2.50. The van der Waals surface area contributed by atoms with Crippen molar-refractivity contribution >= 4 is 5.97 Å². The maximum Gasteiger partial charge on any atom is 0.373 e. The van der Waals surface area contributed by atoms with Gasteiger partial charge in [-0.25, -0.2) is 4.79 Å². The van der Waals surface area contributed by atoms with E-state index in [2.05, 4.69) is 9.78 Å². The molecule has 0 bridgehead atoms. The maximum absolute atomic E-state index is 11.6. The summed E-state index contributed by atoms with van der Waals surface area (Å²) in [6.07, 6.45) is 0.941. The highest BCUT2D eigenvalue weighted by Gasteiger charge is 2.09. The lowest BCUT2D eigenvalue weighted by Crippen LogP contribution is -2.07. The van der Waals surface area contributed by atoms with E-state index in [0.29, 0.717) is 18.8 Å². The van der Waals surface area contributed by atoms with E-state index in [0.717, 1.165) is 17.5 Å². The van der Waals surface area contributed by atoms with E-state index in [1.165, 1.54) is 6.61 Å². The number of hydrogen-bond donors (Lipinski definition) is 0. The zero-order chi connectivity index (χ0) is 13.4. The molecule has 1 aromatic carbocycles. The van der Waals surface area contributed by atoms with Crippen LogP contribution in [0.15, 0.2) is 18.2 Å². The molecule has 0 heterocycles. The van der Waals surface area contributed by atoms with Crippen LogP contribution in [0.25, 0.3) is 0 Å². The largest absolute Gasteiger partial charge is 0.378 e. The number of hydrogen-bond acceptors (Lipinski definition) is 4. The minimum Gasteiger partial charge on any atom is -0.378 e. The zero-order valence-electron chi connectivity index (χ0n) is 11.1. The fourth-order valence-electron chi connectivity index (χ4n) is 1.52. The van der Waals surface area contributed by atoms with E-state index in [1.54, 1.807) is 12.1 Å². The van der Waals surface area contributed by atoms with Crippen molar-refractivity contribution in [3.8, 4) is 0 Å². The third-order valence-electron chi connectivity index (χ3n) is 2.18. The molecule has 0 fully saturated rings. The second-order valence-electron chi connectivity index (χ2n) is 4.08. The minimum absolute atomic E-state index is 0.300. The highest BCUT2D eigenvalue weighted by molar-refractivity contribution is 5.89. The van der Waals surface area contributed by atoms with Gasteiger partial charge in [-0.2, -0.15) is 4.89 Å². The van der Waals surface area contributed by atoms with E-state index >= 15 is 0 Å². The average molecular weight is 251 g/mol. The summed E-state index contributed by atoms with van der Waals surface area (Å²) >= 11 is 0. The molecule has 0 saturated carbocycles. The summed E-state index contributed by atoms with van der Waals surface area (Å²) in [5, 5.41) is 0. The van der Waals surface area contributed by atoms with Crippen molar-refractivity contribution in [1.29, 1.82) is 0 Å². The molecule has 0 atom stereocenters. The molecule has 18 heavy (non-hydrogen) atoms. The number of rotatable bonds is 7. The Hall–Kier alpha value is -1.39. The Bertz CT molecular complexity index is 367. The quantitative estimate of drug-likeness (QED) is 0.424. The summed E-state index contributed by atoms with van der Waals surface area (Å²) in [4.78, 5) is 21.0. The van der Waals surface area contributed by atoms with E-state index in [4.69, 9.17) is 4.74 Å². The molecule has 0 aliphatic carbocycles. The number of ether oxygens (including phenoxy) is 1. The van der Waals surface area contributed by atoms with Crippen LogP contribution in [0.5, 0.6) is 0 Å². The van der Waals surface area contributed by atoms with Gasteiger partial charge in [0.1, 0.15) is 0 Å². The van der Waals surface area contributed by atoms with Crippen LogP contribution in [0.2, 0.25) is 0 Å². The van der Waals surface area contributed by atoms with Crippen LogP contribution in [0, 0.1) is 20.5 Å². The van der Waals surface area contributed by atoms with Crippen LogP contribution in [-0.2, 0) is 14.5 Å². The van der Waals surface area contributed by atoms with Crippen molar-refractivity contribution in [3.05, 3.63) is 41.5 Å². The highest BCUT2D eigenvalue weighted by atomic mass is 17.2. The molecule has 1 aromatic rings. The van der Waals surface area contributed by atoms with Crippen LogP contribution >= 0.6 is 0 Å². The Morgan fingerprint density at radius 1 is 1.22 bits per heavy atom.